The second kappa shape index (κ2) is 19.0. The number of anilines is 1. The number of fused-ring (bicyclic) bond motifs is 1. The summed E-state index contributed by atoms with van der Waals surface area (Å²) >= 11 is 0. The number of aliphatic hydroxyl groups is 2. The number of hydrogen-bond donors (Lipinski definition) is 5. The topological polar surface area (TPSA) is 270 Å². The molecule has 0 aliphatic carbocycles. The fourth-order valence-corrected chi connectivity index (χ4v) is 9.88. The van der Waals surface area contributed by atoms with Gasteiger partial charge in [0.15, 0.2) is 11.6 Å². The Morgan fingerprint density at radius 2 is 1.68 bits per heavy atom. The number of methoxy groups -OCH3 is 1. The fourth-order valence-electron chi connectivity index (χ4n) is 9.88. The molecule has 68 heavy (non-hydrogen) atoms. The van der Waals surface area contributed by atoms with Crippen molar-refractivity contribution in [2.24, 2.45) is 33.7 Å². The van der Waals surface area contributed by atoms with E-state index in [9.17, 15) is 44.9 Å². The number of ether oxygens (including phenoxy) is 4. The highest BCUT2D eigenvalue weighted by atomic mass is 16.7. The number of amides is 1. The molecule has 3 aromatic rings. The number of allylic oxidation sites excluding steroid dienone is 2. The van der Waals surface area contributed by atoms with Gasteiger partial charge in [-0.15, -0.1) is 0 Å². The third-order valence-electron chi connectivity index (χ3n) is 14.2. The number of aryl methyl sites for hydroxylation is 1. The Morgan fingerprint density at radius 1 is 0.985 bits per heavy atom. The van der Waals surface area contributed by atoms with E-state index < -0.39 is 93.6 Å². The maximum Gasteiger partial charge on any atom is 0.342 e. The van der Waals surface area contributed by atoms with E-state index in [4.69, 9.17) is 23.9 Å². The van der Waals surface area contributed by atoms with E-state index in [2.05, 4.69) is 20.2 Å². The average molecular weight is 944 g/mol. The Hall–Kier alpha value is -6.22. The van der Waals surface area contributed by atoms with Crippen molar-refractivity contribution in [3.8, 4) is 17.2 Å². The van der Waals surface area contributed by atoms with Crippen molar-refractivity contribution in [1.29, 1.82) is 0 Å². The predicted octanol–water partition coefficient (Wildman–Crippen LogP) is 4.21. The first-order valence-corrected chi connectivity index (χ1v) is 22.8. The van der Waals surface area contributed by atoms with Crippen LogP contribution < -0.4 is 20.8 Å². The number of rotatable bonds is 6. The highest BCUT2D eigenvalue weighted by Crippen LogP contribution is 2.51. The highest BCUT2D eigenvalue weighted by molar-refractivity contribution is 6.21. The summed E-state index contributed by atoms with van der Waals surface area (Å²) < 4.78 is 25.6. The lowest BCUT2D eigenvalue weighted by molar-refractivity contribution is -0.392. The number of esters is 1. The summed E-state index contributed by atoms with van der Waals surface area (Å²) in [6, 6.07) is 0. The van der Waals surface area contributed by atoms with E-state index in [-0.39, 0.29) is 55.4 Å². The van der Waals surface area contributed by atoms with Crippen molar-refractivity contribution >= 4 is 39.9 Å². The quantitative estimate of drug-likeness (QED) is 0.100. The summed E-state index contributed by atoms with van der Waals surface area (Å²) in [6.07, 6.45) is 5.65. The Labute approximate surface area is 392 Å². The van der Waals surface area contributed by atoms with E-state index in [1.807, 2.05) is 0 Å². The number of carbonyl (C=O) groups is 3. The zero-order valence-corrected chi connectivity index (χ0v) is 40.0. The summed E-state index contributed by atoms with van der Waals surface area (Å²) in [4.78, 5) is 68.2. The number of ketones is 1. The van der Waals surface area contributed by atoms with Gasteiger partial charge in [0.05, 0.1) is 41.2 Å². The monoisotopic (exact) mass is 943 g/mol. The molecule has 2 aromatic carbocycles. The molecule has 1 amide bonds. The molecule has 5 heterocycles. The zero-order chi connectivity index (χ0) is 49.7. The Balaban J connectivity index is 1.34. The molecule has 1 spiro atoms. The Morgan fingerprint density at radius 3 is 2.32 bits per heavy atom. The molecule has 0 radical (unpaired) electrons. The van der Waals surface area contributed by atoms with Gasteiger partial charge in [0, 0.05) is 101 Å². The SMILES string of the molecule is CO[C@H]1/C=C/O[C@@]2(C)Oc3c(C)c(O)c4c(O)c(c5c(c4c3C2=O)NC2(CCN(CCn3c([N+](=O)[O-])cnc3C)CC2)N=5)=NC(=O)/C(C)=C\C=C\[C@H](C)[C@H](O)[C@@H](C)[C@@H](O)[C@@H](C)[C@H](OC(C)=O)[C@@H]1C. The number of phenols is 2. The maximum absolute atomic E-state index is 14.8. The van der Waals surface area contributed by atoms with Crippen LogP contribution in [0.25, 0.3) is 10.8 Å². The van der Waals surface area contributed by atoms with Crippen molar-refractivity contribution in [3.05, 3.63) is 80.1 Å². The maximum atomic E-state index is 14.8. The van der Waals surface area contributed by atoms with Crippen LogP contribution in [0.4, 0.5) is 11.5 Å². The summed E-state index contributed by atoms with van der Waals surface area (Å²) in [5.74, 6) is -7.14. The number of nitrogens with one attached hydrogen (secondary N) is 1. The van der Waals surface area contributed by atoms with E-state index in [1.54, 1.807) is 51.3 Å². The standard InChI is InChI=1S/C48H61N7O13/c1-23-12-11-13-24(2)46(62)50-38-37-36(51-48(52-37)15-17-53(18-16-48)19-20-54-29(7)49-22-32(54)55(63)64)33-34(42(38)60)41(59)28(6)44-35(33)45(61)47(9,68-44)66-21-14-31(65-10)25(3)43(67-30(8)56)27(5)40(58)26(4)39(23)57/h11-14,21-23,25-27,31,39-40,43,51,57-60H,15-20H2,1-10H3/b12-11+,21-14+,24-13-,50-38?/t23-,25+,26+,27+,31-,39-,40+,43+,47-/m0/s1. The van der Waals surface area contributed by atoms with Crippen LogP contribution in [0.15, 0.2) is 52.3 Å². The largest absolute Gasteiger partial charge is 0.507 e. The lowest BCUT2D eigenvalue weighted by atomic mass is 9.78. The van der Waals surface area contributed by atoms with Crippen LogP contribution >= 0.6 is 0 Å². The number of Topliss-reactive ketones (excluding diaryl/α,β-unsaturated/α-hetero) is 1. The number of aliphatic hydroxyl groups excluding tert-OH is 2. The van der Waals surface area contributed by atoms with Crippen molar-refractivity contribution < 1.29 is 58.7 Å². The van der Waals surface area contributed by atoms with E-state index in [0.29, 0.717) is 44.8 Å². The first-order chi connectivity index (χ1) is 32.0. The van der Waals surface area contributed by atoms with Crippen molar-refractivity contribution in [2.75, 3.05) is 32.1 Å². The van der Waals surface area contributed by atoms with E-state index in [1.165, 1.54) is 59.4 Å². The molecule has 0 unspecified atom stereocenters. The Kier molecular flexibility index (Phi) is 13.9. The second-order valence-electron chi connectivity index (χ2n) is 18.7. The van der Waals surface area contributed by atoms with Gasteiger partial charge in [-0.3, -0.25) is 24.3 Å². The number of aromatic nitrogens is 2. The van der Waals surface area contributed by atoms with Crippen molar-refractivity contribution in [2.45, 2.75) is 118 Å². The number of benzene rings is 2. The number of aromatic hydroxyl groups is 2. The van der Waals surface area contributed by atoms with Crippen LogP contribution in [0.5, 0.6) is 17.2 Å². The molecule has 1 saturated heterocycles. The first kappa shape index (κ1) is 49.7. The molecule has 1 aromatic heterocycles. The number of hydrogen-bond acceptors (Lipinski definition) is 17. The van der Waals surface area contributed by atoms with Crippen molar-refractivity contribution in [1.82, 2.24) is 14.5 Å². The number of nitro groups is 1. The fraction of sp³-hybridized carbons (Fsp3) is 0.542. The van der Waals surface area contributed by atoms with Gasteiger partial charge < -0.3 is 54.8 Å². The minimum absolute atomic E-state index is 0.00394. The van der Waals surface area contributed by atoms with Crippen LogP contribution in [-0.4, -0.2) is 120 Å². The summed E-state index contributed by atoms with van der Waals surface area (Å²) in [7, 11) is 1.45. The van der Waals surface area contributed by atoms with E-state index >= 15 is 0 Å². The smallest absolute Gasteiger partial charge is 0.342 e. The van der Waals surface area contributed by atoms with Crippen LogP contribution in [0.1, 0.15) is 83.1 Å². The molecule has 4 aliphatic heterocycles. The van der Waals surface area contributed by atoms with Gasteiger partial charge in [-0.05, 0) is 24.8 Å². The normalized spacial score (nSPS) is 30.4. The van der Waals surface area contributed by atoms with Crippen LogP contribution in [0.2, 0.25) is 0 Å². The van der Waals surface area contributed by atoms with Gasteiger partial charge >= 0.3 is 17.6 Å². The van der Waals surface area contributed by atoms with Gasteiger partial charge in [0.25, 0.3) is 11.7 Å². The highest BCUT2D eigenvalue weighted by Gasteiger charge is 2.51. The van der Waals surface area contributed by atoms with Crippen LogP contribution in [0, 0.1) is 47.6 Å². The molecule has 4 aliphatic rings. The number of nitrogens with zero attached hydrogens (tertiary/aromatic N) is 6. The minimum Gasteiger partial charge on any atom is -0.507 e. The predicted molar refractivity (Wildman–Crippen MR) is 246 cm³/mol. The minimum atomic E-state index is -2.01. The third kappa shape index (κ3) is 8.97. The van der Waals surface area contributed by atoms with E-state index in [0.717, 1.165) is 0 Å². The lowest BCUT2D eigenvalue weighted by Crippen LogP contribution is -2.47. The molecule has 7 rings (SSSR count). The number of piperidine rings is 1. The summed E-state index contributed by atoms with van der Waals surface area (Å²) in [5, 5.41) is 62.0. The van der Waals surface area contributed by atoms with Crippen LogP contribution in [0.3, 0.4) is 0 Å². The zero-order valence-electron chi connectivity index (χ0n) is 40.0. The molecule has 0 saturated carbocycles. The number of carbonyl (C=O) groups excluding carboxylic acids is 3. The molecule has 20 heteroatoms. The summed E-state index contributed by atoms with van der Waals surface area (Å²) in [5.41, 5.74) is -0.539. The number of phenolic OH excluding ortho intramolecular Hbond substituents is 2. The van der Waals surface area contributed by atoms with Gasteiger partial charge in [-0.2, -0.15) is 0 Å². The number of imidazole rings is 1. The molecule has 5 N–H and O–H groups in total. The van der Waals surface area contributed by atoms with Crippen molar-refractivity contribution in [3.63, 3.8) is 0 Å². The molecular weight excluding hydrogens is 883 g/mol. The summed E-state index contributed by atoms with van der Waals surface area (Å²) in [6.45, 7) is 16.1. The number of likely N-dealkylation sites (tertiary alicyclic amines) is 1. The molecule has 1 fully saturated rings. The lowest BCUT2D eigenvalue weighted by Gasteiger charge is -2.38. The molecule has 20 nitrogen and oxygen atoms in total. The molecule has 366 valence electrons. The second-order valence-corrected chi connectivity index (χ2v) is 18.7. The first-order valence-electron chi connectivity index (χ1n) is 22.8. The molecule has 9 atom stereocenters. The van der Waals surface area contributed by atoms with Gasteiger partial charge in [0.1, 0.15) is 46.7 Å². The molecular formula is C48H61N7O13. The van der Waals surface area contributed by atoms with Crippen LogP contribution in [-0.2, 0) is 30.3 Å². The Bertz CT molecular complexity index is 2760. The van der Waals surface area contributed by atoms with Gasteiger partial charge in [0.2, 0.25) is 0 Å². The van der Waals surface area contributed by atoms with Gasteiger partial charge in [-0.1, -0.05) is 45.9 Å². The average Bonchev–Trinajstić information content (AvgIpc) is 3.95. The molecule has 4 bridgehead atoms. The third-order valence-corrected chi connectivity index (χ3v) is 14.2. The van der Waals surface area contributed by atoms with Gasteiger partial charge in [-0.25, -0.2) is 14.5 Å².